The van der Waals surface area contributed by atoms with Crippen molar-refractivity contribution in [3.8, 4) is 0 Å². The van der Waals surface area contributed by atoms with Gasteiger partial charge in [0.05, 0.1) is 24.9 Å². The van der Waals surface area contributed by atoms with E-state index in [1.54, 1.807) is 6.08 Å². The topological polar surface area (TPSA) is 79.8 Å². The Bertz CT molecular complexity index is 955. The van der Waals surface area contributed by atoms with Crippen LogP contribution < -0.4 is 10.6 Å². The van der Waals surface area contributed by atoms with E-state index in [0.29, 0.717) is 19.6 Å². The number of carbonyl (C=O) groups is 1. The maximum atomic E-state index is 12.5. The highest BCUT2D eigenvalue weighted by Gasteiger charge is 2.32. The van der Waals surface area contributed by atoms with Crippen molar-refractivity contribution < 1.29 is 19.4 Å². The standard InChI is InChI=1S/C28H38N2O4/c1-6-14-33-26-17-23(22-15-19(2)12-13-21(22)26)29-18-25(31)24(16-20-10-8-7-9-11-20)30-27(32)34-28(3,4)5/h6-13,15,23-26,29,31H,1,14,16-18H2,2-5H3,(H,30,32)/t23-,24-,25+,26+/m0/s1. The molecule has 0 fully saturated rings. The molecule has 0 bridgehead atoms. The molecule has 0 saturated carbocycles. The number of rotatable bonds is 10. The fourth-order valence-electron chi connectivity index (χ4n) is 4.31. The lowest BCUT2D eigenvalue weighted by Crippen LogP contribution is -2.50. The zero-order chi connectivity index (χ0) is 24.7. The molecule has 0 heterocycles. The number of hydrogen-bond donors (Lipinski definition) is 3. The summed E-state index contributed by atoms with van der Waals surface area (Å²) in [5, 5.41) is 17.5. The SMILES string of the molecule is C=CCO[C@@H]1C[C@H](NC[C@@H](O)[C@H](Cc2ccccc2)NC(=O)OC(C)(C)C)c2cc(C)ccc21. The summed E-state index contributed by atoms with van der Waals surface area (Å²) in [4.78, 5) is 12.5. The summed E-state index contributed by atoms with van der Waals surface area (Å²) >= 11 is 0. The molecule has 4 atom stereocenters. The minimum absolute atomic E-state index is 0.0109. The van der Waals surface area contributed by atoms with Crippen LogP contribution in [0, 0.1) is 6.92 Å². The fraction of sp³-hybridized carbons (Fsp3) is 0.464. The van der Waals surface area contributed by atoms with Gasteiger partial charge >= 0.3 is 6.09 Å². The van der Waals surface area contributed by atoms with Crippen molar-refractivity contribution >= 4 is 6.09 Å². The van der Waals surface area contributed by atoms with Gasteiger partial charge in [0.15, 0.2) is 0 Å². The van der Waals surface area contributed by atoms with E-state index in [2.05, 4.69) is 42.3 Å². The molecule has 0 saturated heterocycles. The quantitative estimate of drug-likeness (QED) is 0.440. The molecule has 2 aromatic carbocycles. The number of hydrogen-bond acceptors (Lipinski definition) is 5. The number of fused-ring (bicyclic) bond motifs is 1. The van der Waals surface area contributed by atoms with Gasteiger partial charge in [0, 0.05) is 12.6 Å². The molecule has 34 heavy (non-hydrogen) atoms. The highest BCUT2D eigenvalue weighted by atomic mass is 16.6. The van der Waals surface area contributed by atoms with Gasteiger partial charge in [-0.3, -0.25) is 0 Å². The molecule has 0 aromatic heterocycles. The van der Waals surface area contributed by atoms with E-state index in [1.165, 1.54) is 16.7 Å². The van der Waals surface area contributed by atoms with Crippen molar-refractivity contribution in [3.05, 3.63) is 83.4 Å². The number of amides is 1. The third kappa shape index (κ3) is 7.42. The first-order valence-corrected chi connectivity index (χ1v) is 11.9. The van der Waals surface area contributed by atoms with E-state index < -0.39 is 23.8 Å². The predicted octanol–water partition coefficient (Wildman–Crippen LogP) is 4.77. The van der Waals surface area contributed by atoms with Gasteiger partial charge in [0.1, 0.15) is 5.60 Å². The summed E-state index contributed by atoms with van der Waals surface area (Å²) in [6, 6.07) is 15.8. The molecule has 0 spiro atoms. The summed E-state index contributed by atoms with van der Waals surface area (Å²) in [5.41, 5.74) is 3.97. The zero-order valence-electron chi connectivity index (χ0n) is 20.7. The fourth-order valence-corrected chi connectivity index (χ4v) is 4.31. The molecular formula is C28H38N2O4. The van der Waals surface area contributed by atoms with Crippen molar-refractivity contribution in [2.45, 2.75) is 70.4 Å². The molecule has 0 aliphatic heterocycles. The molecule has 0 unspecified atom stereocenters. The van der Waals surface area contributed by atoms with Gasteiger partial charge < -0.3 is 25.2 Å². The Morgan fingerprint density at radius 1 is 1.21 bits per heavy atom. The molecular weight excluding hydrogens is 428 g/mol. The Balaban J connectivity index is 1.69. The third-order valence-electron chi connectivity index (χ3n) is 5.87. The smallest absolute Gasteiger partial charge is 0.407 e. The number of benzene rings is 2. The lowest BCUT2D eigenvalue weighted by atomic mass is 10.0. The maximum absolute atomic E-state index is 12.5. The van der Waals surface area contributed by atoms with E-state index in [-0.39, 0.29) is 12.1 Å². The first kappa shape index (κ1) is 25.9. The van der Waals surface area contributed by atoms with Gasteiger partial charge in [-0.25, -0.2) is 4.79 Å². The van der Waals surface area contributed by atoms with Gasteiger partial charge in [-0.15, -0.1) is 6.58 Å². The van der Waals surface area contributed by atoms with E-state index in [4.69, 9.17) is 9.47 Å². The Morgan fingerprint density at radius 3 is 2.62 bits per heavy atom. The van der Waals surface area contributed by atoms with Gasteiger partial charge in [0.2, 0.25) is 0 Å². The predicted molar refractivity (Wildman–Crippen MR) is 135 cm³/mol. The van der Waals surface area contributed by atoms with Crippen LogP contribution in [0.1, 0.15) is 61.6 Å². The zero-order valence-corrected chi connectivity index (χ0v) is 20.7. The van der Waals surface area contributed by atoms with Gasteiger partial charge in [0.25, 0.3) is 0 Å². The van der Waals surface area contributed by atoms with E-state index in [0.717, 1.165) is 12.0 Å². The van der Waals surface area contributed by atoms with Crippen molar-refractivity contribution in [1.29, 1.82) is 0 Å². The van der Waals surface area contributed by atoms with E-state index in [9.17, 15) is 9.90 Å². The summed E-state index contributed by atoms with van der Waals surface area (Å²) in [7, 11) is 0. The summed E-state index contributed by atoms with van der Waals surface area (Å²) in [6.07, 6.45) is 1.68. The van der Waals surface area contributed by atoms with Crippen molar-refractivity contribution in [2.75, 3.05) is 13.2 Å². The number of aryl methyl sites for hydroxylation is 1. The second kappa shape index (κ2) is 11.6. The largest absolute Gasteiger partial charge is 0.444 e. The summed E-state index contributed by atoms with van der Waals surface area (Å²) in [5.74, 6) is 0. The molecule has 184 valence electrons. The van der Waals surface area contributed by atoms with Gasteiger partial charge in [-0.05, 0) is 57.2 Å². The highest BCUT2D eigenvalue weighted by molar-refractivity contribution is 5.68. The molecule has 1 aliphatic rings. The number of aliphatic hydroxyl groups excluding tert-OH is 1. The second-order valence-corrected chi connectivity index (χ2v) is 9.95. The van der Waals surface area contributed by atoms with Crippen LogP contribution in [0.5, 0.6) is 0 Å². The van der Waals surface area contributed by atoms with Crippen LogP contribution in [0.4, 0.5) is 4.79 Å². The first-order chi connectivity index (χ1) is 16.2. The van der Waals surface area contributed by atoms with Crippen LogP contribution in [0.3, 0.4) is 0 Å². The maximum Gasteiger partial charge on any atom is 0.407 e. The molecule has 1 amide bonds. The number of alkyl carbamates (subject to hydrolysis) is 1. The van der Waals surface area contributed by atoms with E-state index >= 15 is 0 Å². The van der Waals surface area contributed by atoms with Crippen molar-refractivity contribution in [2.24, 2.45) is 0 Å². The first-order valence-electron chi connectivity index (χ1n) is 11.9. The minimum Gasteiger partial charge on any atom is -0.444 e. The van der Waals surface area contributed by atoms with Crippen LogP contribution in [-0.2, 0) is 15.9 Å². The number of ether oxygens (including phenoxy) is 2. The van der Waals surface area contributed by atoms with E-state index in [1.807, 2.05) is 51.1 Å². The number of nitrogens with one attached hydrogen (secondary N) is 2. The lowest BCUT2D eigenvalue weighted by Gasteiger charge is -2.28. The highest BCUT2D eigenvalue weighted by Crippen LogP contribution is 2.41. The summed E-state index contributed by atoms with van der Waals surface area (Å²) in [6.45, 7) is 12.1. The molecule has 1 aliphatic carbocycles. The van der Waals surface area contributed by atoms with Crippen LogP contribution in [0.25, 0.3) is 0 Å². The van der Waals surface area contributed by atoms with Crippen LogP contribution in [-0.4, -0.2) is 42.1 Å². The lowest BCUT2D eigenvalue weighted by molar-refractivity contribution is 0.0415. The summed E-state index contributed by atoms with van der Waals surface area (Å²) < 4.78 is 11.4. The minimum atomic E-state index is -0.811. The molecule has 6 nitrogen and oxygen atoms in total. The Kier molecular flexibility index (Phi) is 8.89. The Labute approximate surface area is 203 Å². The Hall–Kier alpha value is -2.67. The molecule has 3 rings (SSSR count). The average molecular weight is 467 g/mol. The number of aliphatic hydroxyl groups is 1. The molecule has 0 radical (unpaired) electrons. The van der Waals surface area contributed by atoms with Crippen molar-refractivity contribution in [3.63, 3.8) is 0 Å². The van der Waals surface area contributed by atoms with Crippen LogP contribution in [0.2, 0.25) is 0 Å². The normalized spacial score (nSPS) is 19.2. The monoisotopic (exact) mass is 466 g/mol. The van der Waals surface area contributed by atoms with Gasteiger partial charge in [-0.2, -0.15) is 0 Å². The second-order valence-electron chi connectivity index (χ2n) is 9.95. The number of carbonyl (C=O) groups excluding carboxylic acids is 1. The third-order valence-corrected chi connectivity index (χ3v) is 5.87. The molecule has 6 heteroatoms. The average Bonchev–Trinajstić information content (AvgIpc) is 3.11. The van der Waals surface area contributed by atoms with Crippen LogP contribution in [0.15, 0.2) is 61.2 Å². The Morgan fingerprint density at radius 2 is 1.94 bits per heavy atom. The molecule has 3 N–H and O–H groups in total. The van der Waals surface area contributed by atoms with Gasteiger partial charge in [-0.1, -0.05) is 60.2 Å². The molecule has 2 aromatic rings. The van der Waals surface area contributed by atoms with Crippen LogP contribution >= 0.6 is 0 Å². The van der Waals surface area contributed by atoms with Crippen molar-refractivity contribution in [1.82, 2.24) is 10.6 Å².